The summed E-state index contributed by atoms with van der Waals surface area (Å²) in [6, 6.07) is 8.71. The molecule has 0 unspecified atom stereocenters. The number of carbonyl (C=O) groups excluding carboxylic acids is 1. The van der Waals surface area contributed by atoms with E-state index in [0.717, 1.165) is 38.2 Å². The maximum Gasteiger partial charge on any atom is 0.223 e. The Morgan fingerprint density at radius 3 is 2.46 bits per heavy atom. The molecule has 4 heteroatoms. The van der Waals surface area contributed by atoms with Gasteiger partial charge in [0.25, 0.3) is 0 Å². The van der Waals surface area contributed by atoms with Crippen molar-refractivity contribution in [3.63, 3.8) is 0 Å². The van der Waals surface area contributed by atoms with Crippen LogP contribution in [0.4, 0.5) is 0 Å². The van der Waals surface area contributed by atoms with Crippen molar-refractivity contribution in [2.24, 2.45) is 5.92 Å². The molecule has 0 radical (unpaired) electrons. The first-order valence-corrected chi connectivity index (χ1v) is 10.5. The lowest BCUT2D eigenvalue weighted by atomic mass is 9.94. The third-order valence-electron chi connectivity index (χ3n) is 5.83. The Morgan fingerprint density at radius 2 is 1.77 bits per heavy atom. The first-order chi connectivity index (χ1) is 12.8. The van der Waals surface area contributed by atoms with Gasteiger partial charge in [0.2, 0.25) is 5.91 Å². The van der Waals surface area contributed by atoms with E-state index in [0.29, 0.717) is 18.6 Å². The molecule has 0 bridgehead atoms. The lowest BCUT2D eigenvalue weighted by Crippen LogP contribution is -2.43. The molecule has 144 valence electrons. The maximum absolute atomic E-state index is 12.6. The molecule has 3 rings (SSSR count). The van der Waals surface area contributed by atoms with Crippen molar-refractivity contribution in [2.45, 2.75) is 70.9 Å². The van der Waals surface area contributed by atoms with E-state index in [-0.39, 0.29) is 5.92 Å². The molecule has 4 nitrogen and oxygen atoms in total. The predicted octanol–water partition coefficient (Wildman–Crippen LogP) is 4.14. The molecule has 2 aliphatic rings. The maximum atomic E-state index is 12.6. The van der Waals surface area contributed by atoms with Gasteiger partial charge in [-0.15, -0.1) is 0 Å². The number of likely N-dealkylation sites (tertiary alicyclic amines) is 1. The minimum absolute atomic E-state index is 0.191. The number of hydrogen-bond donors (Lipinski definition) is 1. The van der Waals surface area contributed by atoms with E-state index >= 15 is 0 Å². The Morgan fingerprint density at radius 1 is 1.08 bits per heavy atom. The summed E-state index contributed by atoms with van der Waals surface area (Å²) in [5.74, 6) is 1.48. The van der Waals surface area contributed by atoms with Gasteiger partial charge in [0.1, 0.15) is 5.75 Å². The first kappa shape index (κ1) is 19.2. The predicted molar refractivity (Wildman–Crippen MR) is 105 cm³/mol. The molecule has 1 N–H and O–H groups in total. The number of rotatable bonds is 6. The Hall–Kier alpha value is -1.55. The Labute approximate surface area is 158 Å². The van der Waals surface area contributed by atoms with Crippen LogP contribution in [-0.4, -0.2) is 36.5 Å². The summed E-state index contributed by atoms with van der Waals surface area (Å²) in [6.45, 7) is 5.61. The van der Waals surface area contributed by atoms with E-state index in [2.05, 4.69) is 22.3 Å². The summed E-state index contributed by atoms with van der Waals surface area (Å²) >= 11 is 0. The van der Waals surface area contributed by atoms with Gasteiger partial charge in [-0.2, -0.15) is 0 Å². The van der Waals surface area contributed by atoms with Gasteiger partial charge in [-0.05, 0) is 51.8 Å². The van der Waals surface area contributed by atoms with Crippen LogP contribution in [0.15, 0.2) is 24.3 Å². The quantitative estimate of drug-likeness (QED) is 0.777. The van der Waals surface area contributed by atoms with Crippen LogP contribution < -0.4 is 10.1 Å². The van der Waals surface area contributed by atoms with E-state index in [9.17, 15) is 4.79 Å². The third kappa shape index (κ3) is 5.47. The first-order valence-electron chi connectivity index (χ1n) is 10.5. The standard InChI is InChI=1S/C22H34N2O2/c1-2-26-21-12-8-7-9-19(21)17-24-15-13-18(14-16-24)22(25)23-20-10-5-3-4-6-11-20/h7-9,12,18,20H,2-6,10-11,13-17H2,1H3,(H,23,25). The molecule has 1 saturated heterocycles. The average Bonchev–Trinajstić information content (AvgIpc) is 2.93. The molecule has 1 aromatic carbocycles. The van der Waals surface area contributed by atoms with Gasteiger partial charge in [0, 0.05) is 24.1 Å². The average molecular weight is 359 g/mol. The smallest absolute Gasteiger partial charge is 0.223 e. The fourth-order valence-corrected chi connectivity index (χ4v) is 4.27. The molecule has 26 heavy (non-hydrogen) atoms. The number of benzene rings is 1. The number of para-hydroxylation sites is 1. The topological polar surface area (TPSA) is 41.6 Å². The molecule has 2 fully saturated rings. The van der Waals surface area contributed by atoms with Crippen LogP contribution in [0.2, 0.25) is 0 Å². The van der Waals surface area contributed by atoms with Crippen LogP contribution in [0.3, 0.4) is 0 Å². The summed E-state index contributed by atoms with van der Waals surface area (Å²) in [5.41, 5.74) is 1.25. The second-order valence-corrected chi connectivity index (χ2v) is 7.79. The van der Waals surface area contributed by atoms with Crippen LogP contribution in [0.25, 0.3) is 0 Å². The number of piperidine rings is 1. The third-order valence-corrected chi connectivity index (χ3v) is 5.83. The SMILES string of the molecule is CCOc1ccccc1CN1CCC(C(=O)NC2CCCCCC2)CC1. The molecule has 1 saturated carbocycles. The van der Waals surface area contributed by atoms with Gasteiger partial charge in [-0.25, -0.2) is 0 Å². The second kappa shape index (κ2) is 9.96. The number of hydrogen-bond acceptors (Lipinski definition) is 3. The summed E-state index contributed by atoms with van der Waals surface area (Å²) < 4.78 is 5.74. The lowest BCUT2D eigenvalue weighted by molar-refractivity contribution is -0.127. The van der Waals surface area contributed by atoms with Crippen molar-refractivity contribution >= 4 is 5.91 Å². The monoisotopic (exact) mass is 358 g/mol. The van der Waals surface area contributed by atoms with Crippen LogP contribution >= 0.6 is 0 Å². The molecule has 1 aliphatic heterocycles. The highest BCUT2D eigenvalue weighted by molar-refractivity contribution is 5.79. The van der Waals surface area contributed by atoms with Gasteiger partial charge in [-0.3, -0.25) is 9.69 Å². The summed E-state index contributed by atoms with van der Waals surface area (Å²) in [5, 5.41) is 3.34. The van der Waals surface area contributed by atoms with Crippen molar-refractivity contribution < 1.29 is 9.53 Å². The molecule has 1 aromatic rings. The fraction of sp³-hybridized carbons (Fsp3) is 0.682. The highest BCUT2D eigenvalue weighted by atomic mass is 16.5. The fourth-order valence-electron chi connectivity index (χ4n) is 4.27. The molecule has 0 aromatic heterocycles. The Bertz CT molecular complexity index is 559. The largest absolute Gasteiger partial charge is 0.494 e. The zero-order valence-corrected chi connectivity index (χ0v) is 16.2. The molecule has 0 atom stereocenters. The van der Waals surface area contributed by atoms with Crippen molar-refractivity contribution in [1.29, 1.82) is 0 Å². The minimum Gasteiger partial charge on any atom is -0.494 e. The van der Waals surface area contributed by atoms with Gasteiger partial charge in [0.15, 0.2) is 0 Å². The van der Waals surface area contributed by atoms with Crippen LogP contribution in [-0.2, 0) is 11.3 Å². The van der Waals surface area contributed by atoms with Crippen molar-refractivity contribution in [3.05, 3.63) is 29.8 Å². The zero-order valence-electron chi connectivity index (χ0n) is 16.2. The minimum atomic E-state index is 0.191. The number of carbonyl (C=O) groups is 1. The van der Waals surface area contributed by atoms with Crippen molar-refractivity contribution in [3.8, 4) is 5.75 Å². The number of nitrogens with zero attached hydrogens (tertiary/aromatic N) is 1. The van der Waals surface area contributed by atoms with Crippen LogP contribution in [0.5, 0.6) is 5.75 Å². The van der Waals surface area contributed by atoms with Crippen LogP contribution in [0.1, 0.15) is 63.9 Å². The normalized spacial score (nSPS) is 20.5. The zero-order chi connectivity index (χ0) is 18.2. The molecule has 1 heterocycles. The second-order valence-electron chi connectivity index (χ2n) is 7.79. The van der Waals surface area contributed by atoms with Gasteiger partial charge < -0.3 is 10.1 Å². The van der Waals surface area contributed by atoms with E-state index in [4.69, 9.17) is 4.74 Å². The lowest BCUT2D eigenvalue weighted by Gasteiger charge is -2.32. The molecule has 1 amide bonds. The van der Waals surface area contributed by atoms with E-state index in [1.165, 1.54) is 44.1 Å². The van der Waals surface area contributed by atoms with Gasteiger partial charge in [-0.1, -0.05) is 43.9 Å². The van der Waals surface area contributed by atoms with E-state index in [1.54, 1.807) is 0 Å². The molecule has 0 spiro atoms. The summed E-state index contributed by atoms with van der Waals surface area (Å²) in [7, 11) is 0. The molecular weight excluding hydrogens is 324 g/mol. The summed E-state index contributed by atoms with van der Waals surface area (Å²) in [6.07, 6.45) is 9.45. The summed E-state index contributed by atoms with van der Waals surface area (Å²) in [4.78, 5) is 15.1. The Kier molecular flexibility index (Phi) is 7.36. The van der Waals surface area contributed by atoms with Gasteiger partial charge in [0.05, 0.1) is 6.61 Å². The van der Waals surface area contributed by atoms with E-state index < -0.39 is 0 Å². The van der Waals surface area contributed by atoms with E-state index in [1.807, 2.05) is 19.1 Å². The van der Waals surface area contributed by atoms with Crippen LogP contribution in [0, 0.1) is 5.92 Å². The highest BCUT2D eigenvalue weighted by Crippen LogP contribution is 2.24. The highest BCUT2D eigenvalue weighted by Gasteiger charge is 2.27. The van der Waals surface area contributed by atoms with Crippen molar-refractivity contribution in [1.82, 2.24) is 10.2 Å². The molecule has 1 aliphatic carbocycles. The Balaban J connectivity index is 1.46. The number of ether oxygens (including phenoxy) is 1. The van der Waals surface area contributed by atoms with Crippen molar-refractivity contribution in [2.75, 3.05) is 19.7 Å². The van der Waals surface area contributed by atoms with Gasteiger partial charge >= 0.3 is 0 Å². The number of amides is 1. The molecular formula is C22H34N2O2. The number of nitrogens with one attached hydrogen (secondary N) is 1.